The monoisotopic (exact) mass is 352 g/mol. The van der Waals surface area contributed by atoms with E-state index in [4.69, 9.17) is 23.7 Å². The minimum atomic E-state index is -0.868. The molecule has 2 fully saturated rings. The van der Waals surface area contributed by atoms with E-state index in [2.05, 4.69) is 0 Å². The molecule has 0 bridgehead atoms. The number of hydrogen-bond acceptors (Lipinski definition) is 7. The summed E-state index contributed by atoms with van der Waals surface area (Å²) in [6.45, 7) is 4.54. The van der Waals surface area contributed by atoms with Gasteiger partial charge < -0.3 is 28.8 Å². The van der Waals surface area contributed by atoms with Crippen molar-refractivity contribution >= 4 is 5.97 Å². The molecule has 7 nitrogen and oxygen atoms in total. The molecule has 2 aliphatic rings. The Kier molecular flexibility index (Phi) is 5.71. The Balaban J connectivity index is 1.58. The number of esters is 1. The normalized spacial score (nSPS) is 27.3. The Morgan fingerprint density at radius 3 is 2.60 bits per heavy atom. The highest BCUT2D eigenvalue weighted by molar-refractivity contribution is 5.89. The van der Waals surface area contributed by atoms with E-state index in [9.17, 15) is 9.90 Å². The van der Waals surface area contributed by atoms with Crippen molar-refractivity contribution in [3.63, 3.8) is 0 Å². The molecule has 2 aliphatic heterocycles. The molecule has 1 unspecified atom stereocenters. The number of hydrogen-bond donors (Lipinski definition) is 1. The zero-order valence-electron chi connectivity index (χ0n) is 14.4. The maximum atomic E-state index is 12.1. The van der Waals surface area contributed by atoms with Crippen LogP contribution in [0, 0.1) is 0 Å². The van der Waals surface area contributed by atoms with Crippen LogP contribution in [0.5, 0.6) is 0 Å². The summed E-state index contributed by atoms with van der Waals surface area (Å²) >= 11 is 0. The Morgan fingerprint density at radius 1 is 1.24 bits per heavy atom. The van der Waals surface area contributed by atoms with Crippen molar-refractivity contribution in [2.75, 3.05) is 19.8 Å². The van der Waals surface area contributed by atoms with Crippen LogP contribution in [0.25, 0.3) is 0 Å². The van der Waals surface area contributed by atoms with E-state index < -0.39 is 36.4 Å². The van der Waals surface area contributed by atoms with Gasteiger partial charge in [-0.25, -0.2) is 4.79 Å². The molecule has 7 heteroatoms. The lowest BCUT2D eigenvalue weighted by atomic mass is 10.1. The molecule has 138 valence electrons. The number of ether oxygens (including phenoxy) is 5. The maximum Gasteiger partial charge on any atom is 0.338 e. The third kappa shape index (κ3) is 4.77. The number of carbonyl (C=O) groups is 1. The fourth-order valence-corrected chi connectivity index (χ4v) is 3.01. The molecule has 25 heavy (non-hydrogen) atoms. The molecule has 3 rings (SSSR count). The van der Waals surface area contributed by atoms with Crippen molar-refractivity contribution in [2.45, 2.75) is 50.7 Å². The molecule has 0 aromatic heterocycles. The van der Waals surface area contributed by atoms with E-state index in [1.165, 1.54) is 0 Å². The van der Waals surface area contributed by atoms with Crippen LogP contribution >= 0.6 is 0 Å². The SMILES string of the molecule is CC1(C)O[C@@H](COC(=O)c2ccccc2)[C@@H](C(O)CC2OCCO2)O1. The number of rotatable bonds is 6. The fourth-order valence-electron chi connectivity index (χ4n) is 3.01. The highest BCUT2D eigenvalue weighted by Crippen LogP contribution is 2.32. The summed E-state index contributed by atoms with van der Waals surface area (Å²) in [5.74, 6) is -1.31. The summed E-state index contributed by atoms with van der Waals surface area (Å²) in [6, 6.07) is 8.72. The average molecular weight is 352 g/mol. The zero-order valence-corrected chi connectivity index (χ0v) is 14.4. The second-order valence-electron chi connectivity index (χ2n) is 6.58. The van der Waals surface area contributed by atoms with Crippen LogP contribution in [0.3, 0.4) is 0 Å². The van der Waals surface area contributed by atoms with Crippen LogP contribution in [0.2, 0.25) is 0 Å². The number of aliphatic hydroxyl groups excluding tert-OH is 1. The van der Waals surface area contributed by atoms with Crippen LogP contribution in [0.4, 0.5) is 0 Å². The first-order chi connectivity index (χ1) is 11.9. The average Bonchev–Trinajstić information content (AvgIpc) is 3.20. The Morgan fingerprint density at radius 2 is 1.92 bits per heavy atom. The Labute approximate surface area is 146 Å². The summed E-state index contributed by atoms with van der Waals surface area (Å²) in [5.41, 5.74) is 0.463. The molecular weight excluding hydrogens is 328 g/mol. The van der Waals surface area contributed by atoms with E-state index in [1.54, 1.807) is 38.1 Å². The van der Waals surface area contributed by atoms with Crippen LogP contribution < -0.4 is 0 Å². The first kappa shape index (κ1) is 18.3. The van der Waals surface area contributed by atoms with Gasteiger partial charge in [0.25, 0.3) is 0 Å². The topological polar surface area (TPSA) is 83.5 Å². The predicted octanol–water partition coefficient (Wildman–Crippen LogP) is 1.49. The van der Waals surface area contributed by atoms with Gasteiger partial charge >= 0.3 is 5.97 Å². The molecule has 0 spiro atoms. The van der Waals surface area contributed by atoms with Gasteiger partial charge in [0.1, 0.15) is 18.8 Å². The molecular formula is C18H24O7. The van der Waals surface area contributed by atoms with Gasteiger partial charge in [-0.05, 0) is 26.0 Å². The second kappa shape index (κ2) is 7.80. The summed E-state index contributed by atoms with van der Waals surface area (Å²) in [5, 5.41) is 10.5. The van der Waals surface area contributed by atoms with Gasteiger partial charge in [-0.3, -0.25) is 0 Å². The molecule has 0 saturated carbocycles. The van der Waals surface area contributed by atoms with Gasteiger partial charge in [-0.2, -0.15) is 0 Å². The lowest BCUT2D eigenvalue weighted by Crippen LogP contribution is -2.40. The Bertz CT molecular complexity index is 568. The van der Waals surface area contributed by atoms with Crippen LogP contribution in [-0.2, 0) is 23.7 Å². The highest BCUT2D eigenvalue weighted by atomic mass is 16.8. The highest BCUT2D eigenvalue weighted by Gasteiger charge is 2.46. The third-order valence-corrected chi connectivity index (χ3v) is 4.11. The van der Waals surface area contributed by atoms with Gasteiger partial charge in [-0.1, -0.05) is 18.2 Å². The molecule has 2 heterocycles. The van der Waals surface area contributed by atoms with E-state index >= 15 is 0 Å². The number of aliphatic hydroxyl groups is 1. The number of benzene rings is 1. The molecule has 0 amide bonds. The maximum absolute atomic E-state index is 12.1. The standard InChI is InChI=1S/C18H24O7/c1-18(2)24-14(11-23-17(20)12-6-4-3-5-7-12)16(25-18)13(19)10-15-21-8-9-22-15/h3-7,13-16,19H,8-11H2,1-2H3/t13?,14-,16+/m0/s1. The first-order valence-corrected chi connectivity index (χ1v) is 8.44. The van der Waals surface area contributed by atoms with Gasteiger partial charge in [-0.15, -0.1) is 0 Å². The van der Waals surface area contributed by atoms with Gasteiger partial charge in [0.2, 0.25) is 0 Å². The molecule has 1 N–H and O–H groups in total. The first-order valence-electron chi connectivity index (χ1n) is 8.44. The minimum absolute atomic E-state index is 0.00867. The van der Waals surface area contributed by atoms with Crippen LogP contribution in [0.1, 0.15) is 30.6 Å². The van der Waals surface area contributed by atoms with Crippen molar-refractivity contribution in [1.29, 1.82) is 0 Å². The molecule has 0 radical (unpaired) electrons. The second-order valence-corrected chi connectivity index (χ2v) is 6.58. The lowest BCUT2D eigenvalue weighted by molar-refractivity contribution is -0.162. The van der Waals surface area contributed by atoms with E-state index in [1.807, 2.05) is 6.07 Å². The molecule has 0 aliphatic carbocycles. The molecule has 2 saturated heterocycles. The zero-order chi connectivity index (χ0) is 17.9. The third-order valence-electron chi connectivity index (χ3n) is 4.11. The summed E-state index contributed by atoms with van der Waals surface area (Å²) in [6.07, 6.45) is -2.24. The largest absolute Gasteiger partial charge is 0.459 e. The minimum Gasteiger partial charge on any atom is -0.459 e. The van der Waals surface area contributed by atoms with E-state index in [0.717, 1.165) is 0 Å². The predicted molar refractivity (Wildman–Crippen MR) is 86.9 cm³/mol. The van der Waals surface area contributed by atoms with Gasteiger partial charge in [0.15, 0.2) is 12.1 Å². The van der Waals surface area contributed by atoms with Crippen molar-refractivity contribution in [3.8, 4) is 0 Å². The van der Waals surface area contributed by atoms with E-state index in [-0.39, 0.29) is 13.0 Å². The van der Waals surface area contributed by atoms with Crippen molar-refractivity contribution in [2.24, 2.45) is 0 Å². The van der Waals surface area contributed by atoms with E-state index in [0.29, 0.717) is 18.8 Å². The summed E-state index contributed by atoms with van der Waals surface area (Å²) in [7, 11) is 0. The number of carbonyl (C=O) groups excluding carboxylic acids is 1. The van der Waals surface area contributed by atoms with Crippen molar-refractivity contribution in [1.82, 2.24) is 0 Å². The molecule has 1 aromatic carbocycles. The summed E-state index contributed by atoms with van der Waals surface area (Å²) < 4.78 is 27.7. The quantitative estimate of drug-likeness (QED) is 0.777. The molecule has 3 atom stereocenters. The van der Waals surface area contributed by atoms with Crippen LogP contribution in [-0.4, -0.2) is 61.3 Å². The fraction of sp³-hybridized carbons (Fsp3) is 0.611. The van der Waals surface area contributed by atoms with Crippen LogP contribution in [0.15, 0.2) is 30.3 Å². The van der Waals surface area contributed by atoms with Gasteiger partial charge in [0.05, 0.1) is 24.9 Å². The molecule has 1 aromatic rings. The van der Waals surface area contributed by atoms with Crippen molar-refractivity contribution in [3.05, 3.63) is 35.9 Å². The van der Waals surface area contributed by atoms with Gasteiger partial charge in [0, 0.05) is 6.42 Å². The van der Waals surface area contributed by atoms with Crippen molar-refractivity contribution < 1.29 is 33.6 Å². The lowest BCUT2D eigenvalue weighted by Gasteiger charge is -2.24. The summed E-state index contributed by atoms with van der Waals surface area (Å²) in [4.78, 5) is 12.1. The smallest absolute Gasteiger partial charge is 0.338 e. The Hall–Kier alpha value is -1.51.